The molecule has 2 aliphatic carbocycles. The van der Waals surface area contributed by atoms with Crippen molar-refractivity contribution in [2.24, 2.45) is 0 Å². The van der Waals surface area contributed by atoms with Crippen LogP contribution in [0.1, 0.15) is 47.2 Å². The maximum absolute atomic E-state index is 7.55. The summed E-state index contributed by atoms with van der Waals surface area (Å²) in [6, 6.07) is 82.4. The lowest BCUT2D eigenvalue weighted by Crippen LogP contribution is -2.28. The van der Waals surface area contributed by atoms with E-state index in [1.54, 1.807) is 0 Å². The lowest BCUT2D eigenvalue weighted by atomic mass is 9.67. The third-order valence-electron chi connectivity index (χ3n) is 14.3. The normalized spacial score (nSPS) is 15.5. The zero-order valence-electron chi connectivity index (χ0n) is 35.7. The Morgan fingerprint density at radius 2 is 0.969 bits per heavy atom. The molecule has 11 aromatic rings. The third kappa shape index (κ3) is 5.08. The predicted molar refractivity (Wildman–Crippen MR) is 266 cm³/mol. The maximum atomic E-state index is 7.55. The number of fused-ring (bicyclic) bond motifs is 11. The van der Waals surface area contributed by atoms with Crippen LogP contribution in [0.15, 0.2) is 229 Å². The molecular formula is C62H43NO. The van der Waals surface area contributed by atoms with Gasteiger partial charge in [0.05, 0.1) is 11.1 Å². The van der Waals surface area contributed by atoms with Crippen molar-refractivity contribution >= 4 is 49.8 Å². The van der Waals surface area contributed by atoms with Crippen molar-refractivity contribution in [3.63, 3.8) is 0 Å². The maximum Gasteiger partial charge on any atom is 0.159 e. The summed E-state index contributed by atoms with van der Waals surface area (Å²) < 4.78 is 7.55. The van der Waals surface area contributed by atoms with E-state index in [0.717, 1.165) is 44.6 Å². The van der Waals surface area contributed by atoms with Crippen LogP contribution in [0.3, 0.4) is 0 Å². The molecule has 0 fully saturated rings. The first kappa shape index (κ1) is 36.7. The molecule has 1 aromatic heterocycles. The molecule has 1 unspecified atom stereocenters. The summed E-state index contributed by atoms with van der Waals surface area (Å²) >= 11 is 0. The van der Waals surface area contributed by atoms with Gasteiger partial charge in [0.2, 0.25) is 0 Å². The molecule has 0 saturated heterocycles. The van der Waals surface area contributed by atoms with E-state index < -0.39 is 5.41 Å². The SMILES string of the molecule is CC1(C)c2ccccc2-c2ccc(N(c3ccc(-c4ccccc4)cc3)c3cccc4c3oc3c(C5(c6ccccc6)c6ccccc6-c6c5ccc5ccccc65)cccc34)cc21. The topological polar surface area (TPSA) is 16.4 Å². The highest BCUT2D eigenvalue weighted by atomic mass is 16.3. The number of benzene rings is 10. The van der Waals surface area contributed by atoms with Crippen molar-refractivity contribution in [3.8, 4) is 33.4 Å². The quantitative estimate of drug-likeness (QED) is 0.166. The van der Waals surface area contributed by atoms with Gasteiger partial charge in [-0.1, -0.05) is 208 Å². The van der Waals surface area contributed by atoms with Crippen LogP contribution < -0.4 is 4.90 Å². The fourth-order valence-electron chi connectivity index (χ4n) is 11.5. The Hall–Kier alpha value is -7.94. The first-order chi connectivity index (χ1) is 31.5. The van der Waals surface area contributed by atoms with Crippen molar-refractivity contribution in [1.29, 1.82) is 0 Å². The molecule has 2 aliphatic rings. The van der Waals surface area contributed by atoms with Gasteiger partial charge in [-0.2, -0.15) is 0 Å². The molecule has 2 nitrogen and oxygen atoms in total. The third-order valence-corrected chi connectivity index (χ3v) is 14.3. The Labute approximate surface area is 373 Å². The van der Waals surface area contributed by atoms with Crippen LogP contribution in [-0.4, -0.2) is 0 Å². The molecule has 1 heterocycles. The van der Waals surface area contributed by atoms with E-state index in [0.29, 0.717) is 0 Å². The Kier molecular flexibility index (Phi) is 7.90. The molecule has 2 heteroatoms. The van der Waals surface area contributed by atoms with Gasteiger partial charge < -0.3 is 9.32 Å². The summed E-state index contributed by atoms with van der Waals surface area (Å²) in [5, 5.41) is 4.68. The summed E-state index contributed by atoms with van der Waals surface area (Å²) in [6.45, 7) is 4.71. The zero-order chi connectivity index (χ0) is 42.6. The van der Waals surface area contributed by atoms with Crippen molar-refractivity contribution in [2.75, 3.05) is 4.90 Å². The van der Waals surface area contributed by atoms with Gasteiger partial charge >= 0.3 is 0 Å². The van der Waals surface area contributed by atoms with E-state index >= 15 is 0 Å². The summed E-state index contributed by atoms with van der Waals surface area (Å²) in [7, 11) is 0. The Bertz CT molecular complexity index is 3640. The minimum absolute atomic E-state index is 0.157. The standard InChI is InChI=1S/C62H43NO/c1-61(2)52-27-13-11-23-47(52)48-37-36-45(39-56(48)61)63(44-34-31-41(32-35-44)40-17-5-3-6-18-40)57-30-16-26-50-49-25-15-29-55(59(49)64-60(50)57)62(43-20-7-4-8-21-43)53-28-14-12-24-51(53)58-46-22-10-9-19-42(46)33-38-54(58)62/h3-39H,1-2H3. The zero-order valence-corrected chi connectivity index (χ0v) is 35.7. The van der Waals surface area contributed by atoms with Crippen molar-refractivity contribution < 1.29 is 4.42 Å². The molecule has 0 bridgehead atoms. The molecule has 0 N–H and O–H groups in total. The van der Waals surface area contributed by atoms with Crippen molar-refractivity contribution in [1.82, 2.24) is 0 Å². The summed E-state index contributed by atoms with van der Waals surface area (Å²) in [4.78, 5) is 2.40. The van der Waals surface area contributed by atoms with E-state index in [1.807, 2.05) is 0 Å². The van der Waals surface area contributed by atoms with Gasteiger partial charge in [-0.05, 0) is 102 Å². The summed E-state index contributed by atoms with van der Waals surface area (Å²) in [5.41, 5.74) is 19.2. The average Bonchev–Trinajstić information content (AvgIpc) is 3.97. The first-order valence-electron chi connectivity index (χ1n) is 22.3. The van der Waals surface area contributed by atoms with Gasteiger partial charge in [0.25, 0.3) is 0 Å². The second-order valence-corrected chi connectivity index (χ2v) is 18.0. The molecule has 0 radical (unpaired) electrons. The average molecular weight is 818 g/mol. The predicted octanol–water partition coefficient (Wildman–Crippen LogP) is 16.5. The first-order valence-corrected chi connectivity index (χ1v) is 22.3. The van der Waals surface area contributed by atoms with Gasteiger partial charge in [0, 0.05) is 33.1 Å². The molecule has 13 rings (SSSR count). The van der Waals surface area contributed by atoms with E-state index in [4.69, 9.17) is 4.42 Å². The minimum Gasteiger partial charge on any atom is -0.453 e. The van der Waals surface area contributed by atoms with E-state index in [2.05, 4.69) is 243 Å². The van der Waals surface area contributed by atoms with E-state index in [1.165, 1.54) is 72.0 Å². The monoisotopic (exact) mass is 817 g/mol. The second-order valence-electron chi connectivity index (χ2n) is 18.0. The summed E-state index contributed by atoms with van der Waals surface area (Å²) in [5.74, 6) is 0. The lowest BCUT2D eigenvalue weighted by molar-refractivity contribution is 0.648. The molecule has 0 saturated carbocycles. The number of hydrogen-bond donors (Lipinski definition) is 0. The van der Waals surface area contributed by atoms with Crippen LogP contribution in [0.5, 0.6) is 0 Å². The van der Waals surface area contributed by atoms with Gasteiger partial charge in [-0.15, -0.1) is 0 Å². The Balaban J connectivity index is 1.07. The molecule has 0 spiro atoms. The van der Waals surface area contributed by atoms with Crippen LogP contribution in [0.25, 0.3) is 66.1 Å². The van der Waals surface area contributed by atoms with E-state index in [9.17, 15) is 0 Å². The van der Waals surface area contributed by atoms with Crippen LogP contribution in [0.2, 0.25) is 0 Å². The molecule has 10 aromatic carbocycles. The van der Waals surface area contributed by atoms with Gasteiger partial charge in [0.15, 0.2) is 5.58 Å². The summed E-state index contributed by atoms with van der Waals surface area (Å²) in [6.07, 6.45) is 0. The van der Waals surface area contributed by atoms with Gasteiger partial charge in [-0.3, -0.25) is 0 Å². The number of hydrogen-bond acceptors (Lipinski definition) is 2. The molecule has 0 aliphatic heterocycles. The van der Waals surface area contributed by atoms with Crippen LogP contribution in [-0.2, 0) is 10.8 Å². The van der Waals surface area contributed by atoms with Crippen molar-refractivity contribution in [2.45, 2.75) is 24.7 Å². The lowest BCUT2D eigenvalue weighted by Gasteiger charge is -2.33. The second kappa shape index (κ2) is 13.8. The van der Waals surface area contributed by atoms with Crippen LogP contribution in [0.4, 0.5) is 17.1 Å². The molecule has 302 valence electrons. The number of furan rings is 1. The number of anilines is 3. The van der Waals surface area contributed by atoms with Crippen LogP contribution >= 0.6 is 0 Å². The van der Waals surface area contributed by atoms with E-state index in [-0.39, 0.29) is 5.41 Å². The fourth-order valence-corrected chi connectivity index (χ4v) is 11.5. The molecule has 1 atom stereocenters. The van der Waals surface area contributed by atoms with Gasteiger partial charge in [0.1, 0.15) is 5.58 Å². The number of rotatable bonds is 6. The minimum atomic E-state index is -0.641. The molecular weight excluding hydrogens is 775 g/mol. The number of para-hydroxylation sites is 2. The Morgan fingerprint density at radius 3 is 1.78 bits per heavy atom. The highest BCUT2D eigenvalue weighted by Gasteiger charge is 2.48. The smallest absolute Gasteiger partial charge is 0.159 e. The largest absolute Gasteiger partial charge is 0.453 e. The molecule has 64 heavy (non-hydrogen) atoms. The highest BCUT2D eigenvalue weighted by molar-refractivity contribution is 6.13. The van der Waals surface area contributed by atoms with Gasteiger partial charge in [-0.25, -0.2) is 0 Å². The molecule has 0 amide bonds. The Morgan fingerprint density at radius 1 is 0.375 bits per heavy atom. The fraction of sp³-hybridized carbons (Fsp3) is 0.0645. The number of nitrogens with zero attached hydrogens (tertiary/aromatic N) is 1. The highest BCUT2D eigenvalue weighted by Crippen LogP contribution is 2.60. The van der Waals surface area contributed by atoms with Crippen LogP contribution in [0, 0.1) is 0 Å². The van der Waals surface area contributed by atoms with Crippen molar-refractivity contribution in [3.05, 3.63) is 258 Å².